The number of thioether (sulfide) groups is 1. The average molecular weight is 491 g/mol. The largest absolute Gasteiger partial charge is 0.466 e. The number of carbonyl (C=O) groups is 4. The minimum atomic E-state index is -0.471. The average Bonchev–Trinajstić information content (AvgIpc) is 3.07. The summed E-state index contributed by atoms with van der Waals surface area (Å²) in [5, 5.41) is -0.471. The first kappa shape index (κ1) is 26.1. The Morgan fingerprint density at radius 3 is 2.29 bits per heavy atom. The number of piperidine rings is 1. The molecule has 2 heterocycles. The second kappa shape index (κ2) is 12.2. The lowest BCUT2D eigenvalue weighted by Crippen LogP contribution is -2.53. The van der Waals surface area contributed by atoms with Gasteiger partial charge in [-0.3, -0.25) is 19.2 Å². The van der Waals surface area contributed by atoms with E-state index in [0.29, 0.717) is 39.1 Å². The number of hydrogen-bond donors (Lipinski definition) is 0. The fourth-order valence-corrected chi connectivity index (χ4v) is 6.25. The smallest absolute Gasteiger partial charge is 0.307 e. The Hall–Kier alpha value is -2.55. The lowest BCUT2D eigenvalue weighted by atomic mass is 10.00. The molecule has 8 nitrogen and oxygen atoms in total. The number of amides is 2. The molecule has 34 heavy (non-hydrogen) atoms. The van der Waals surface area contributed by atoms with E-state index in [1.165, 1.54) is 0 Å². The first-order valence-electron chi connectivity index (χ1n) is 12.0. The van der Waals surface area contributed by atoms with Crippen LogP contribution in [0.1, 0.15) is 51.5 Å². The van der Waals surface area contributed by atoms with Crippen molar-refractivity contribution in [3.05, 3.63) is 35.9 Å². The molecule has 2 saturated heterocycles. The van der Waals surface area contributed by atoms with Gasteiger partial charge in [0.15, 0.2) is 0 Å². The number of carbonyl (C=O) groups excluding carboxylic acids is 4. The topological polar surface area (TPSA) is 93.2 Å². The SMILES string of the molecule is CCOC(=O)CCC(=O)N1CCC2(CC1)SC(CC(=O)OCC)C(=O)N2CCc1ccccc1. The first-order chi connectivity index (χ1) is 16.4. The van der Waals surface area contributed by atoms with Gasteiger partial charge in [0.05, 0.1) is 36.2 Å². The van der Waals surface area contributed by atoms with Gasteiger partial charge in [-0.05, 0) is 38.7 Å². The van der Waals surface area contributed by atoms with Gasteiger partial charge in [-0.2, -0.15) is 0 Å². The van der Waals surface area contributed by atoms with Crippen LogP contribution < -0.4 is 0 Å². The van der Waals surface area contributed by atoms with Crippen molar-refractivity contribution in [3.8, 4) is 0 Å². The second-order valence-electron chi connectivity index (χ2n) is 8.47. The molecule has 2 aliphatic heterocycles. The van der Waals surface area contributed by atoms with Gasteiger partial charge in [-0.25, -0.2) is 0 Å². The molecule has 1 atom stereocenters. The molecule has 0 radical (unpaired) electrons. The van der Waals surface area contributed by atoms with Crippen LogP contribution in [0.5, 0.6) is 0 Å². The van der Waals surface area contributed by atoms with Crippen LogP contribution in [0.4, 0.5) is 0 Å². The summed E-state index contributed by atoms with van der Waals surface area (Å²) in [7, 11) is 0. The Labute approximate surface area is 205 Å². The molecule has 0 aliphatic carbocycles. The van der Waals surface area contributed by atoms with Crippen molar-refractivity contribution in [2.45, 2.75) is 62.5 Å². The summed E-state index contributed by atoms with van der Waals surface area (Å²) >= 11 is 1.54. The monoisotopic (exact) mass is 490 g/mol. The minimum Gasteiger partial charge on any atom is -0.466 e. The molecular formula is C25H34N2O6S. The van der Waals surface area contributed by atoms with Crippen LogP contribution in [0.15, 0.2) is 30.3 Å². The molecule has 3 rings (SSSR count). The third-order valence-corrected chi connectivity index (χ3v) is 7.99. The normalized spacial score (nSPS) is 19.4. The van der Waals surface area contributed by atoms with E-state index in [1.54, 1.807) is 30.5 Å². The van der Waals surface area contributed by atoms with Gasteiger partial charge >= 0.3 is 11.9 Å². The van der Waals surface area contributed by atoms with Crippen molar-refractivity contribution in [1.29, 1.82) is 0 Å². The third kappa shape index (κ3) is 6.52. The van der Waals surface area contributed by atoms with Crippen molar-refractivity contribution in [2.24, 2.45) is 0 Å². The standard InChI is InChI=1S/C25H34N2O6S/c1-3-32-22(29)11-10-21(28)26-16-13-25(14-17-26)27(15-12-19-8-6-5-7-9-19)24(31)20(34-25)18-23(30)33-4-2/h5-9,20H,3-4,10-18H2,1-2H3. The maximum absolute atomic E-state index is 13.4. The molecule has 1 aromatic rings. The molecule has 0 bridgehead atoms. The molecule has 186 valence electrons. The lowest BCUT2D eigenvalue weighted by molar-refractivity contribution is -0.146. The molecule has 1 aromatic carbocycles. The molecule has 1 unspecified atom stereocenters. The maximum atomic E-state index is 13.4. The molecule has 0 aromatic heterocycles. The number of benzene rings is 1. The van der Waals surface area contributed by atoms with Crippen molar-refractivity contribution < 1.29 is 28.7 Å². The van der Waals surface area contributed by atoms with E-state index >= 15 is 0 Å². The van der Waals surface area contributed by atoms with Crippen molar-refractivity contribution >= 4 is 35.5 Å². The highest BCUT2D eigenvalue weighted by Crippen LogP contribution is 2.49. The Morgan fingerprint density at radius 1 is 1.00 bits per heavy atom. The Kier molecular flexibility index (Phi) is 9.38. The molecule has 2 fully saturated rings. The molecular weight excluding hydrogens is 456 g/mol. The quantitative estimate of drug-likeness (QED) is 0.466. The zero-order valence-electron chi connectivity index (χ0n) is 20.0. The van der Waals surface area contributed by atoms with E-state index in [2.05, 4.69) is 0 Å². The van der Waals surface area contributed by atoms with Gasteiger partial charge in [0.2, 0.25) is 11.8 Å². The van der Waals surface area contributed by atoms with Crippen molar-refractivity contribution in [2.75, 3.05) is 32.8 Å². The van der Waals surface area contributed by atoms with Crippen LogP contribution in [0.3, 0.4) is 0 Å². The highest BCUT2D eigenvalue weighted by molar-refractivity contribution is 8.02. The Morgan fingerprint density at radius 2 is 1.65 bits per heavy atom. The molecule has 0 saturated carbocycles. The predicted octanol–water partition coefficient (Wildman–Crippen LogP) is 2.79. The number of nitrogens with zero attached hydrogens (tertiary/aromatic N) is 2. The number of hydrogen-bond acceptors (Lipinski definition) is 7. The molecule has 2 amide bonds. The van der Waals surface area contributed by atoms with Crippen molar-refractivity contribution in [1.82, 2.24) is 9.80 Å². The fourth-order valence-electron chi connectivity index (χ4n) is 4.55. The van der Waals surface area contributed by atoms with Gasteiger partial charge in [0, 0.05) is 26.1 Å². The van der Waals surface area contributed by atoms with Crippen LogP contribution >= 0.6 is 11.8 Å². The van der Waals surface area contributed by atoms with Crippen LogP contribution in [-0.2, 0) is 35.1 Å². The summed E-state index contributed by atoms with van der Waals surface area (Å²) in [6.45, 7) is 5.66. The molecule has 1 spiro atoms. The van der Waals surface area contributed by atoms with Crippen LogP contribution in [0.2, 0.25) is 0 Å². The summed E-state index contributed by atoms with van der Waals surface area (Å²) in [5.41, 5.74) is 1.15. The summed E-state index contributed by atoms with van der Waals surface area (Å²) in [5.74, 6) is -0.831. The summed E-state index contributed by atoms with van der Waals surface area (Å²) in [4.78, 5) is 52.9. The van der Waals surface area contributed by atoms with Gasteiger partial charge in [-0.15, -0.1) is 11.8 Å². The zero-order chi connectivity index (χ0) is 24.6. The Bertz CT molecular complexity index is 869. The highest BCUT2D eigenvalue weighted by atomic mass is 32.2. The second-order valence-corrected chi connectivity index (χ2v) is 10.0. The maximum Gasteiger partial charge on any atom is 0.307 e. The molecule has 2 aliphatic rings. The summed E-state index contributed by atoms with van der Waals surface area (Å²) < 4.78 is 10.0. The van der Waals surface area contributed by atoms with Crippen LogP contribution in [0, 0.1) is 0 Å². The number of ether oxygens (including phenoxy) is 2. The number of esters is 2. The van der Waals surface area contributed by atoms with E-state index in [0.717, 1.165) is 12.0 Å². The minimum absolute atomic E-state index is 0.0314. The summed E-state index contributed by atoms with van der Waals surface area (Å²) in [6, 6.07) is 10.0. The van der Waals surface area contributed by atoms with Gasteiger partial charge in [-0.1, -0.05) is 30.3 Å². The lowest BCUT2D eigenvalue weighted by Gasteiger charge is -2.44. The highest BCUT2D eigenvalue weighted by Gasteiger charge is 2.53. The van der Waals surface area contributed by atoms with E-state index in [1.807, 2.05) is 35.2 Å². The first-order valence-corrected chi connectivity index (χ1v) is 12.9. The van der Waals surface area contributed by atoms with Gasteiger partial charge < -0.3 is 19.3 Å². The third-order valence-electron chi connectivity index (χ3n) is 6.27. The van der Waals surface area contributed by atoms with Crippen LogP contribution in [0.25, 0.3) is 0 Å². The summed E-state index contributed by atoms with van der Waals surface area (Å²) in [6.07, 6.45) is 2.24. The van der Waals surface area contributed by atoms with E-state index < -0.39 is 10.1 Å². The zero-order valence-corrected chi connectivity index (χ0v) is 20.8. The molecule has 0 N–H and O–H groups in total. The van der Waals surface area contributed by atoms with E-state index in [-0.39, 0.29) is 49.6 Å². The van der Waals surface area contributed by atoms with Crippen LogP contribution in [-0.4, -0.2) is 76.5 Å². The van der Waals surface area contributed by atoms with Gasteiger partial charge in [0.25, 0.3) is 0 Å². The fraction of sp³-hybridized carbons (Fsp3) is 0.600. The Balaban J connectivity index is 1.66. The van der Waals surface area contributed by atoms with Crippen molar-refractivity contribution in [3.63, 3.8) is 0 Å². The predicted molar refractivity (Wildman–Crippen MR) is 129 cm³/mol. The molecule has 9 heteroatoms. The van der Waals surface area contributed by atoms with E-state index in [9.17, 15) is 19.2 Å². The van der Waals surface area contributed by atoms with Gasteiger partial charge in [0.1, 0.15) is 0 Å². The number of likely N-dealkylation sites (tertiary alicyclic amines) is 1. The number of rotatable bonds is 10. The van der Waals surface area contributed by atoms with E-state index in [4.69, 9.17) is 9.47 Å².